The number of rotatable bonds is 5. The predicted molar refractivity (Wildman–Crippen MR) is 68.9 cm³/mol. The van der Waals surface area contributed by atoms with E-state index in [1.807, 2.05) is 0 Å². The van der Waals surface area contributed by atoms with E-state index in [-0.39, 0.29) is 24.2 Å². The highest BCUT2D eigenvalue weighted by molar-refractivity contribution is 5.86. The molecule has 17 heavy (non-hydrogen) atoms. The molecule has 1 saturated carbocycles. The SMILES string of the molecule is CC(=O)NCCCNC(=O)C1(N)CCCC1.Cl. The monoisotopic (exact) mass is 263 g/mol. The van der Waals surface area contributed by atoms with Gasteiger partial charge >= 0.3 is 0 Å². The average molecular weight is 264 g/mol. The molecule has 0 aliphatic heterocycles. The number of carbonyl (C=O) groups is 2. The summed E-state index contributed by atoms with van der Waals surface area (Å²) in [5, 5.41) is 5.50. The Morgan fingerprint density at radius 1 is 1.18 bits per heavy atom. The van der Waals surface area contributed by atoms with Crippen LogP contribution in [0.2, 0.25) is 0 Å². The van der Waals surface area contributed by atoms with E-state index in [0.29, 0.717) is 13.1 Å². The van der Waals surface area contributed by atoms with Crippen molar-refractivity contribution in [3.8, 4) is 0 Å². The van der Waals surface area contributed by atoms with E-state index in [1.165, 1.54) is 6.92 Å². The van der Waals surface area contributed by atoms with Gasteiger partial charge in [-0.05, 0) is 19.3 Å². The Morgan fingerprint density at radius 2 is 1.71 bits per heavy atom. The minimum atomic E-state index is -0.645. The molecule has 0 aromatic carbocycles. The van der Waals surface area contributed by atoms with E-state index in [4.69, 9.17) is 5.73 Å². The van der Waals surface area contributed by atoms with Gasteiger partial charge in [0, 0.05) is 20.0 Å². The van der Waals surface area contributed by atoms with Crippen LogP contribution in [-0.4, -0.2) is 30.4 Å². The number of hydrogen-bond acceptors (Lipinski definition) is 3. The van der Waals surface area contributed by atoms with Crippen LogP contribution in [0.1, 0.15) is 39.0 Å². The number of hydrogen-bond donors (Lipinski definition) is 3. The molecule has 0 spiro atoms. The Bertz CT molecular complexity index is 265. The van der Waals surface area contributed by atoms with Gasteiger partial charge in [0.2, 0.25) is 11.8 Å². The summed E-state index contributed by atoms with van der Waals surface area (Å²) < 4.78 is 0. The fourth-order valence-electron chi connectivity index (χ4n) is 1.96. The predicted octanol–water partition coefficient (Wildman–Crippen LogP) is 0.322. The maximum Gasteiger partial charge on any atom is 0.240 e. The smallest absolute Gasteiger partial charge is 0.240 e. The zero-order valence-corrected chi connectivity index (χ0v) is 11.1. The van der Waals surface area contributed by atoms with Crippen molar-refractivity contribution in [2.45, 2.75) is 44.6 Å². The van der Waals surface area contributed by atoms with Crippen LogP contribution < -0.4 is 16.4 Å². The van der Waals surface area contributed by atoms with Gasteiger partial charge < -0.3 is 16.4 Å². The van der Waals surface area contributed by atoms with Crippen LogP contribution >= 0.6 is 12.4 Å². The molecule has 1 aliphatic carbocycles. The minimum absolute atomic E-state index is 0. The Labute approximate surface area is 108 Å². The van der Waals surface area contributed by atoms with E-state index in [1.54, 1.807) is 0 Å². The molecule has 100 valence electrons. The second kappa shape index (κ2) is 7.50. The highest BCUT2D eigenvalue weighted by Gasteiger charge is 2.36. The number of amides is 2. The summed E-state index contributed by atoms with van der Waals surface area (Å²) in [5.74, 6) is -0.0924. The second-order valence-electron chi connectivity index (χ2n) is 4.46. The van der Waals surface area contributed by atoms with Gasteiger partial charge in [0.1, 0.15) is 0 Å². The topological polar surface area (TPSA) is 84.2 Å². The van der Waals surface area contributed by atoms with Gasteiger partial charge in [0.05, 0.1) is 5.54 Å². The van der Waals surface area contributed by atoms with Gasteiger partial charge in [-0.15, -0.1) is 12.4 Å². The lowest BCUT2D eigenvalue weighted by Crippen LogP contribution is -2.52. The lowest BCUT2D eigenvalue weighted by Gasteiger charge is -2.22. The van der Waals surface area contributed by atoms with Crippen LogP contribution in [0.15, 0.2) is 0 Å². The minimum Gasteiger partial charge on any atom is -0.356 e. The molecular formula is C11H22ClN3O2. The molecule has 1 rings (SSSR count). The van der Waals surface area contributed by atoms with Gasteiger partial charge in [-0.1, -0.05) is 12.8 Å². The highest BCUT2D eigenvalue weighted by Crippen LogP contribution is 2.26. The number of nitrogens with two attached hydrogens (primary N) is 1. The Hall–Kier alpha value is -0.810. The van der Waals surface area contributed by atoms with Crippen molar-refractivity contribution in [1.82, 2.24) is 10.6 Å². The van der Waals surface area contributed by atoms with E-state index in [0.717, 1.165) is 32.1 Å². The Kier molecular flexibility index (Phi) is 7.15. The molecule has 5 nitrogen and oxygen atoms in total. The molecule has 1 aliphatic rings. The zero-order chi connectivity index (χ0) is 12.0. The van der Waals surface area contributed by atoms with Gasteiger partial charge in [-0.3, -0.25) is 9.59 Å². The molecule has 1 fully saturated rings. The first-order valence-corrected chi connectivity index (χ1v) is 5.86. The Balaban J connectivity index is 0.00000256. The standard InChI is InChI=1S/C11H21N3O2.ClH/c1-9(15)13-7-4-8-14-10(16)11(12)5-2-3-6-11;/h2-8,12H2,1H3,(H,13,15)(H,14,16);1H. The quantitative estimate of drug-likeness (QED) is 0.625. The first-order chi connectivity index (χ1) is 7.54. The normalized spacial score (nSPS) is 17.1. The fraction of sp³-hybridized carbons (Fsp3) is 0.818. The molecule has 0 radical (unpaired) electrons. The van der Waals surface area contributed by atoms with E-state index < -0.39 is 5.54 Å². The summed E-state index contributed by atoms with van der Waals surface area (Å²) in [7, 11) is 0. The van der Waals surface area contributed by atoms with Crippen molar-refractivity contribution in [1.29, 1.82) is 0 Å². The number of nitrogens with one attached hydrogen (secondary N) is 2. The molecule has 0 unspecified atom stereocenters. The molecule has 0 aromatic heterocycles. The molecule has 6 heteroatoms. The lowest BCUT2D eigenvalue weighted by atomic mass is 9.98. The maximum absolute atomic E-state index is 11.7. The highest BCUT2D eigenvalue weighted by atomic mass is 35.5. The second-order valence-corrected chi connectivity index (χ2v) is 4.46. The van der Waals surface area contributed by atoms with Crippen LogP contribution in [0, 0.1) is 0 Å². The third kappa shape index (κ3) is 5.37. The summed E-state index contributed by atoms with van der Waals surface area (Å²) in [5.41, 5.74) is 5.34. The summed E-state index contributed by atoms with van der Waals surface area (Å²) in [4.78, 5) is 22.3. The van der Waals surface area contributed by atoms with Crippen LogP contribution in [-0.2, 0) is 9.59 Å². The van der Waals surface area contributed by atoms with Crippen LogP contribution in [0.3, 0.4) is 0 Å². The Morgan fingerprint density at radius 3 is 2.24 bits per heavy atom. The molecule has 0 aromatic rings. The van der Waals surface area contributed by atoms with Crippen LogP contribution in [0.5, 0.6) is 0 Å². The van der Waals surface area contributed by atoms with Crippen molar-refractivity contribution in [2.75, 3.05) is 13.1 Å². The number of carbonyl (C=O) groups excluding carboxylic acids is 2. The van der Waals surface area contributed by atoms with Gasteiger partial charge in [0.15, 0.2) is 0 Å². The lowest BCUT2D eigenvalue weighted by molar-refractivity contribution is -0.126. The van der Waals surface area contributed by atoms with Crippen molar-refractivity contribution < 1.29 is 9.59 Å². The van der Waals surface area contributed by atoms with Crippen molar-refractivity contribution in [2.24, 2.45) is 5.73 Å². The molecule has 0 saturated heterocycles. The molecule has 0 atom stereocenters. The van der Waals surface area contributed by atoms with E-state index in [2.05, 4.69) is 10.6 Å². The van der Waals surface area contributed by atoms with Gasteiger partial charge in [-0.25, -0.2) is 0 Å². The van der Waals surface area contributed by atoms with E-state index in [9.17, 15) is 9.59 Å². The third-order valence-corrected chi connectivity index (χ3v) is 2.96. The van der Waals surface area contributed by atoms with Gasteiger partial charge in [-0.2, -0.15) is 0 Å². The van der Waals surface area contributed by atoms with Crippen molar-refractivity contribution in [3.63, 3.8) is 0 Å². The van der Waals surface area contributed by atoms with E-state index >= 15 is 0 Å². The maximum atomic E-state index is 11.7. The summed E-state index contributed by atoms with van der Waals surface area (Å²) in [6, 6.07) is 0. The summed E-state index contributed by atoms with van der Waals surface area (Å²) >= 11 is 0. The first-order valence-electron chi connectivity index (χ1n) is 5.86. The van der Waals surface area contributed by atoms with Crippen molar-refractivity contribution >= 4 is 24.2 Å². The molecule has 0 bridgehead atoms. The fourth-order valence-corrected chi connectivity index (χ4v) is 1.96. The molecular weight excluding hydrogens is 242 g/mol. The van der Waals surface area contributed by atoms with Gasteiger partial charge in [0.25, 0.3) is 0 Å². The third-order valence-electron chi connectivity index (χ3n) is 2.96. The first kappa shape index (κ1) is 16.2. The zero-order valence-electron chi connectivity index (χ0n) is 10.3. The summed E-state index contributed by atoms with van der Waals surface area (Å²) in [6.45, 7) is 2.64. The van der Waals surface area contributed by atoms with Crippen molar-refractivity contribution in [3.05, 3.63) is 0 Å². The van der Waals surface area contributed by atoms with Crippen LogP contribution in [0.4, 0.5) is 0 Å². The summed E-state index contributed by atoms with van der Waals surface area (Å²) in [6.07, 6.45) is 4.38. The van der Waals surface area contributed by atoms with Crippen LogP contribution in [0.25, 0.3) is 0 Å². The molecule has 2 amide bonds. The molecule has 0 heterocycles. The largest absolute Gasteiger partial charge is 0.356 e. The molecule has 4 N–H and O–H groups in total. The average Bonchev–Trinajstić information content (AvgIpc) is 2.65. The number of halogens is 1.